The maximum absolute atomic E-state index is 12.2. The minimum atomic E-state index is 0.113. The van der Waals surface area contributed by atoms with Crippen molar-refractivity contribution in [2.75, 3.05) is 26.7 Å². The van der Waals surface area contributed by atoms with Gasteiger partial charge in [-0.15, -0.1) is 0 Å². The lowest BCUT2D eigenvalue weighted by atomic mass is 9.93. The number of ketones is 1. The highest BCUT2D eigenvalue weighted by atomic mass is 35.5. The van der Waals surface area contributed by atoms with E-state index in [9.17, 15) is 4.79 Å². The van der Waals surface area contributed by atoms with Gasteiger partial charge >= 0.3 is 0 Å². The number of nitrogens with zero attached hydrogens (tertiary/aromatic N) is 1. The normalized spacial score (nSPS) is 18.5. The summed E-state index contributed by atoms with van der Waals surface area (Å²) in [5.41, 5.74) is 0.966. The van der Waals surface area contributed by atoms with Gasteiger partial charge in [-0.3, -0.25) is 9.69 Å². The van der Waals surface area contributed by atoms with Crippen LogP contribution in [0.4, 0.5) is 0 Å². The van der Waals surface area contributed by atoms with Crippen molar-refractivity contribution in [1.82, 2.24) is 4.90 Å². The molecule has 0 unspecified atom stereocenters. The minimum Gasteiger partial charge on any atom is -0.495 e. The molecule has 19 heavy (non-hydrogen) atoms. The van der Waals surface area contributed by atoms with Crippen molar-refractivity contribution in [2.24, 2.45) is 5.41 Å². The zero-order valence-electron chi connectivity index (χ0n) is 11.7. The Bertz CT molecular complexity index is 485. The van der Waals surface area contributed by atoms with Gasteiger partial charge in [-0.25, -0.2) is 0 Å². The summed E-state index contributed by atoms with van der Waals surface area (Å²) < 4.78 is 5.09. The summed E-state index contributed by atoms with van der Waals surface area (Å²) in [5, 5.41) is 0.482. The number of ether oxygens (including phenoxy) is 1. The highest BCUT2D eigenvalue weighted by molar-refractivity contribution is 6.32. The number of methoxy groups -OCH3 is 1. The van der Waals surface area contributed by atoms with Crippen molar-refractivity contribution in [1.29, 1.82) is 0 Å². The molecule has 1 aromatic carbocycles. The first-order valence-corrected chi connectivity index (χ1v) is 6.88. The third kappa shape index (κ3) is 3.48. The number of hydrogen-bond acceptors (Lipinski definition) is 3. The lowest BCUT2D eigenvalue weighted by molar-refractivity contribution is 0.0940. The summed E-state index contributed by atoms with van der Waals surface area (Å²) in [7, 11) is 1.56. The predicted octanol–water partition coefficient (Wildman–Crippen LogP) is 3.26. The molecule has 0 radical (unpaired) electrons. The van der Waals surface area contributed by atoms with Gasteiger partial charge < -0.3 is 4.74 Å². The van der Waals surface area contributed by atoms with Crippen LogP contribution in [0.3, 0.4) is 0 Å². The van der Waals surface area contributed by atoms with Crippen molar-refractivity contribution in [3.63, 3.8) is 0 Å². The fraction of sp³-hybridized carbons (Fsp3) is 0.533. The third-order valence-electron chi connectivity index (χ3n) is 3.60. The van der Waals surface area contributed by atoms with Crippen LogP contribution in [-0.2, 0) is 0 Å². The smallest absolute Gasteiger partial charge is 0.176 e. The van der Waals surface area contributed by atoms with E-state index in [1.807, 2.05) is 0 Å². The third-order valence-corrected chi connectivity index (χ3v) is 3.89. The number of rotatable bonds is 4. The van der Waals surface area contributed by atoms with E-state index in [2.05, 4.69) is 18.7 Å². The molecule has 1 fully saturated rings. The number of hydrogen-bond donors (Lipinski definition) is 0. The van der Waals surface area contributed by atoms with E-state index in [0.717, 1.165) is 19.5 Å². The number of carbonyl (C=O) groups excluding carboxylic acids is 1. The fourth-order valence-corrected chi connectivity index (χ4v) is 2.75. The van der Waals surface area contributed by atoms with E-state index < -0.39 is 0 Å². The van der Waals surface area contributed by atoms with E-state index in [1.165, 1.54) is 0 Å². The molecule has 1 aliphatic rings. The SMILES string of the molecule is COc1ccc(C(=O)CN2CCC(C)(C)C2)cc1Cl. The average Bonchev–Trinajstić information content (AvgIpc) is 2.68. The van der Waals surface area contributed by atoms with Crippen molar-refractivity contribution in [3.8, 4) is 5.75 Å². The first kappa shape index (κ1) is 14.4. The Balaban J connectivity index is 2.02. The van der Waals surface area contributed by atoms with E-state index in [-0.39, 0.29) is 5.78 Å². The largest absolute Gasteiger partial charge is 0.495 e. The highest BCUT2D eigenvalue weighted by Crippen LogP contribution is 2.29. The van der Waals surface area contributed by atoms with Crippen LogP contribution in [0.25, 0.3) is 0 Å². The number of Topliss-reactive ketones (excluding diaryl/α,β-unsaturated/α-hetero) is 1. The summed E-state index contributed by atoms with van der Waals surface area (Å²) in [5.74, 6) is 0.711. The molecule has 1 aliphatic heterocycles. The van der Waals surface area contributed by atoms with Gasteiger partial charge in [-0.05, 0) is 36.6 Å². The van der Waals surface area contributed by atoms with Crippen LogP contribution in [0.5, 0.6) is 5.75 Å². The molecular formula is C15H20ClNO2. The van der Waals surface area contributed by atoms with Gasteiger partial charge in [0.1, 0.15) is 5.75 Å². The van der Waals surface area contributed by atoms with Gasteiger partial charge in [-0.1, -0.05) is 25.4 Å². The first-order chi connectivity index (χ1) is 8.91. The number of likely N-dealkylation sites (tertiary alicyclic amines) is 1. The lowest BCUT2D eigenvalue weighted by Gasteiger charge is -2.19. The molecule has 2 rings (SSSR count). The Morgan fingerprint density at radius 3 is 2.74 bits per heavy atom. The molecule has 0 amide bonds. The molecule has 1 heterocycles. The second-order valence-electron chi connectivity index (χ2n) is 5.90. The molecule has 1 saturated heterocycles. The molecule has 0 bridgehead atoms. The van der Waals surface area contributed by atoms with E-state index in [0.29, 0.717) is 28.3 Å². The highest BCUT2D eigenvalue weighted by Gasteiger charge is 2.30. The Kier molecular flexibility index (Phi) is 4.16. The summed E-state index contributed by atoms with van der Waals surface area (Å²) in [6.07, 6.45) is 1.14. The second-order valence-corrected chi connectivity index (χ2v) is 6.30. The Hall–Kier alpha value is -1.06. The zero-order chi connectivity index (χ0) is 14.0. The molecule has 0 saturated carbocycles. The molecule has 4 heteroatoms. The van der Waals surface area contributed by atoms with Gasteiger partial charge in [0, 0.05) is 12.1 Å². The van der Waals surface area contributed by atoms with Crippen LogP contribution in [-0.4, -0.2) is 37.4 Å². The van der Waals surface area contributed by atoms with Crippen LogP contribution in [0, 0.1) is 5.41 Å². The molecule has 0 aromatic heterocycles. The molecule has 3 nitrogen and oxygen atoms in total. The Labute approximate surface area is 119 Å². The molecule has 0 N–H and O–H groups in total. The van der Waals surface area contributed by atoms with Crippen LogP contribution in [0.15, 0.2) is 18.2 Å². The lowest BCUT2D eigenvalue weighted by Crippen LogP contribution is -2.29. The standard InChI is InChI=1S/C15H20ClNO2/c1-15(2)6-7-17(10-15)9-13(18)11-4-5-14(19-3)12(16)8-11/h4-5,8H,6-7,9-10H2,1-3H3. The van der Waals surface area contributed by atoms with Crippen LogP contribution >= 0.6 is 11.6 Å². The van der Waals surface area contributed by atoms with Crippen molar-refractivity contribution in [2.45, 2.75) is 20.3 Å². The van der Waals surface area contributed by atoms with Crippen LogP contribution in [0.2, 0.25) is 5.02 Å². The zero-order valence-corrected chi connectivity index (χ0v) is 12.5. The fourth-order valence-electron chi connectivity index (χ4n) is 2.49. The van der Waals surface area contributed by atoms with Crippen LogP contribution < -0.4 is 4.74 Å². The van der Waals surface area contributed by atoms with Gasteiger partial charge in [0.15, 0.2) is 5.78 Å². The first-order valence-electron chi connectivity index (χ1n) is 6.50. The van der Waals surface area contributed by atoms with Crippen LogP contribution in [0.1, 0.15) is 30.6 Å². The Morgan fingerprint density at radius 2 is 2.21 bits per heavy atom. The Morgan fingerprint density at radius 1 is 1.47 bits per heavy atom. The number of carbonyl (C=O) groups is 1. The molecule has 0 atom stereocenters. The molecule has 0 aliphatic carbocycles. The van der Waals surface area contributed by atoms with Crippen molar-refractivity contribution < 1.29 is 9.53 Å². The predicted molar refractivity (Wildman–Crippen MR) is 77.2 cm³/mol. The molecular weight excluding hydrogens is 262 g/mol. The van der Waals surface area contributed by atoms with E-state index in [1.54, 1.807) is 25.3 Å². The van der Waals surface area contributed by atoms with Crippen molar-refractivity contribution >= 4 is 17.4 Å². The summed E-state index contributed by atoms with van der Waals surface area (Å²) in [4.78, 5) is 14.4. The topological polar surface area (TPSA) is 29.5 Å². The number of benzene rings is 1. The number of halogens is 1. The maximum Gasteiger partial charge on any atom is 0.176 e. The monoisotopic (exact) mass is 281 g/mol. The summed E-state index contributed by atoms with van der Waals surface area (Å²) >= 11 is 6.04. The van der Waals surface area contributed by atoms with Crippen molar-refractivity contribution in [3.05, 3.63) is 28.8 Å². The minimum absolute atomic E-state index is 0.113. The molecule has 104 valence electrons. The van der Waals surface area contributed by atoms with E-state index in [4.69, 9.17) is 16.3 Å². The van der Waals surface area contributed by atoms with Gasteiger partial charge in [-0.2, -0.15) is 0 Å². The van der Waals surface area contributed by atoms with Gasteiger partial charge in [0.05, 0.1) is 18.7 Å². The summed E-state index contributed by atoms with van der Waals surface area (Å²) in [6, 6.07) is 5.20. The molecule has 0 spiro atoms. The van der Waals surface area contributed by atoms with Gasteiger partial charge in [0.2, 0.25) is 0 Å². The maximum atomic E-state index is 12.2. The summed E-state index contributed by atoms with van der Waals surface area (Å²) in [6.45, 7) is 6.90. The van der Waals surface area contributed by atoms with Gasteiger partial charge in [0.25, 0.3) is 0 Å². The quantitative estimate of drug-likeness (QED) is 0.794. The average molecular weight is 282 g/mol. The molecule has 1 aromatic rings. The second kappa shape index (κ2) is 5.51. The van der Waals surface area contributed by atoms with E-state index >= 15 is 0 Å².